The van der Waals surface area contributed by atoms with Crippen LogP contribution in [-0.4, -0.2) is 134 Å². The molecule has 4 fully saturated rings. The van der Waals surface area contributed by atoms with Gasteiger partial charge in [-0.1, -0.05) is 19.3 Å². The van der Waals surface area contributed by atoms with Gasteiger partial charge in [0.05, 0.1) is 49.1 Å². The molecule has 4 aliphatic heterocycles. The Morgan fingerprint density at radius 3 is 1.02 bits per heavy atom. The summed E-state index contributed by atoms with van der Waals surface area (Å²) in [4.78, 5) is 9.62. The van der Waals surface area contributed by atoms with Crippen molar-refractivity contribution in [2.45, 2.75) is 188 Å². The third-order valence-electron chi connectivity index (χ3n) is 9.27. The first-order valence-electron chi connectivity index (χ1n) is 20.0. The van der Waals surface area contributed by atoms with Gasteiger partial charge in [0.15, 0.2) is 0 Å². The molecule has 2 unspecified atom stereocenters. The van der Waals surface area contributed by atoms with Gasteiger partial charge in [0.25, 0.3) is 0 Å². The predicted octanol–water partition coefficient (Wildman–Crippen LogP) is 8.67. The van der Waals surface area contributed by atoms with Gasteiger partial charge in [-0.05, 0) is 162 Å². The summed E-state index contributed by atoms with van der Waals surface area (Å²) in [5, 5.41) is 0. The average Bonchev–Trinajstić information content (AvgIpc) is 3.58. The van der Waals surface area contributed by atoms with E-state index in [1.165, 1.54) is 110 Å². The fraction of sp³-hybridized carbons (Fsp3) is 1.00. The van der Waals surface area contributed by atoms with Gasteiger partial charge in [-0.25, -0.2) is 0 Å². The van der Waals surface area contributed by atoms with Crippen molar-refractivity contribution in [1.29, 1.82) is 0 Å². The molecule has 0 radical (unpaired) electrons. The predicted molar refractivity (Wildman–Crippen MR) is 210 cm³/mol. The van der Waals surface area contributed by atoms with Crippen molar-refractivity contribution in [3.05, 3.63) is 0 Å². The molecule has 0 amide bonds. The highest BCUT2D eigenvalue weighted by Gasteiger charge is 2.24. The minimum Gasteiger partial charge on any atom is -0.374 e. The molecule has 0 N–H and O–H groups in total. The zero-order chi connectivity index (χ0) is 37.1. The van der Waals surface area contributed by atoms with Gasteiger partial charge >= 0.3 is 0 Å². The molecule has 0 spiro atoms. The van der Waals surface area contributed by atoms with E-state index in [4.69, 9.17) is 18.9 Å². The van der Waals surface area contributed by atoms with Gasteiger partial charge in [0.2, 0.25) is 0 Å². The van der Waals surface area contributed by atoms with Crippen LogP contribution in [0.5, 0.6) is 0 Å². The van der Waals surface area contributed by atoms with E-state index >= 15 is 0 Å². The molecular formula is C41H86N4O4. The summed E-state index contributed by atoms with van der Waals surface area (Å²) in [6.45, 7) is 36.1. The Morgan fingerprint density at radius 2 is 0.694 bits per heavy atom. The van der Waals surface area contributed by atoms with E-state index in [0.717, 1.165) is 26.7 Å². The smallest absolute Gasteiger partial charge is 0.0997 e. The minimum atomic E-state index is 0.00625. The fourth-order valence-electron chi connectivity index (χ4n) is 5.98. The minimum absolute atomic E-state index is 0.00625. The van der Waals surface area contributed by atoms with Crippen molar-refractivity contribution < 1.29 is 18.9 Å². The normalized spacial score (nSPS) is 23.9. The van der Waals surface area contributed by atoms with Crippen LogP contribution in [0.25, 0.3) is 0 Å². The van der Waals surface area contributed by atoms with E-state index in [0.29, 0.717) is 12.1 Å². The van der Waals surface area contributed by atoms with Crippen LogP contribution in [0.15, 0.2) is 0 Å². The van der Waals surface area contributed by atoms with E-state index in [-0.39, 0.29) is 22.4 Å². The highest BCUT2D eigenvalue weighted by molar-refractivity contribution is 4.77. The van der Waals surface area contributed by atoms with Crippen LogP contribution in [0.4, 0.5) is 0 Å². The quantitative estimate of drug-likeness (QED) is 0.250. The first-order valence-corrected chi connectivity index (χ1v) is 20.0. The lowest BCUT2D eigenvalue weighted by molar-refractivity contribution is -0.0623. The lowest BCUT2D eigenvalue weighted by Gasteiger charge is -2.34. The molecule has 0 aromatic rings. The maximum absolute atomic E-state index is 5.80. The highest BCUT2D eigenvalue weighted by atomic mass is 16.5. The lowest BCUT2D eigenvalue weighted by atomic mass is 10.0. The van der Waals surface area contributed by atoms with E-state index in [2.05, 4.69) is 117 Å². The Kier molecular flexibility index (Phi) is 22.3. The molecule has 0 aromatic carbocycles. The maximum Gasteiger partial charge on any atom is 0.0997 e. The van der Waals surface area contributed by atoms with E-state index in [9.17, 15) is 0 Å². The molecule has 4 aliphatic rings. The molecule has 8 heteroatoms. The number of nitrogens with zero attached hydrogens (tertiary/aromatic N) is 4. The van der Waals surface area contributed by atoms with E-state index in [1.54, 1.807) is 0 Å². The fourth-order valence-corrected chi connectivity index (χ4v) is 5.98. The average molecular weight is 699 g/mol. The van der Waals surface area contributed by atoms with Crippen LogP contribution in [0, 0.1) is 0 Å². The molecule has 0 saturated carbocycles. The second-order valence-corrected chi connectivity index (χ2v) is 18.9. The van der Waals surface area contributed by atoms with Crippen molar-refractivity contribution in [2.24, 2.45) is 0 Å². The largest absolute Gasteiger partial charge is 0.374 e. The second-order valence-electron chi connectivity index (χ2n) is 18.9. The van der Waals surface area contributed by atoms with Gasteiger partial charge in [0, 0.05) is 38.3 Å². The summed E-state index contributed by atoms with van der Waals surface area (Å²) < 4.78 is 22.9. The zero-order valence-electron chi connectivity index (χ0n) is 35.4. The molecular weight excluding hydrogens is 612 g/mol. The lowest BCUT2D eigenvalue weighted by Crippen LogP contribution is -2.41. The van der Waals surface area contributed by atoms with Crippen LogP contribution in [-0.2, 0) is 18.9 Å². The molecule has 2 atom stereocenters. The second kappa shape index (κ2) is 23.4. The number of piperidine rings is 1. The number of ether oxygens (including phenoxy) is 4. The molecule has 8 nitrogen and oxygen atoms in total. The number of hydrogen-bond donors (Lipinski definition) is 0. The van der Waals surface area contributed by atoms with Crippen molar-refractivity contribution in [1.82, 2.24) is 19.6 Å². The Bertz CT molecular complexity index is 800. The molecule has 0 aromatic heterocycles. The number of likely N-dealkylation sites (N-methyl/N-ethyl adjacent to an activating group) is 2. The molecule has 4 rings (SSSR count). The molecule has 0 bridgehead atoms. The third kappa shape index (κ3) is 27.0. The van der Waals surface area contributed by atoms with Crippen molar-refractivity contribution in [3.63, 3.8) is 0 Å². The van der Waals surface area contributed by atoms with Gasteiger partial charge in [-0.15, -0.1) is 0 Å². The van der Waals surface area contributed by atoms with Crippen LogP contribution >= 0.6 is 0 Å². The monoisotopic (exact) mass is 699 g/mol. The Hall–Kier alpha value is -0.320. The van der Waals surface area contributed by atoms with Gasteiger partial charge in [0.1, 0.15) is 0 Å². The maximum atomic E-state index is 5.80. The van der Waals surface area contributed by atoms with Crippen molar-refractivity contribution in [2.75, 3.05) is 80.0 Å². The Labute approximate surface area is 306 Å². The van der Waals surface area contributed by atoms with Crippen LogP contribution in [0.1, 0.15) is 154 Å². The summed E-state index contributed by atoms with van der Waals surface area (Å²) in [5.41, 5.74) is 0.0522. The number of hydrogen-bond acceptors (Lipinski definition) is 8. The molecule has 4 saturated heterocycles. The van der Waals surface area contributed by atoms with Gasteiger partial charge < -0.3 is 28.7 Å². The summed E-state index contributed by atoms with van der Waals surface area (Å²) in [7, 11) is 4.39. The van der Waals surface area contributed by atoms with Gasteiger partial charge in [-0.3, -0.25) is 9.80 Å². The summed E-state index contributed by atoms with van der Waals surface area (Å²) in [5.74, 6) is 0. The van der Waals surface area contributed by atoms with Crippen LogP contribution < -0.4 is 0 Å². The van der Waals surface area contributed by atoms with E-state index in [1.807, 2.05) is 0 Å². The SMILES string of the molecule is CC(C)(C)OCN1CCCC1.CC(C)(C)OCN1CCCCCC1.CN1CCCC1COC(C)(C)C.CN1CCCCC1COC(C)(C)C. The van der Waals surface area contributed by atoms with Crippen LogP contribution in [0.3, 0.4) is 0 Å². The number of likely N-dealkylation sites (tertiary alicyclic amines) is 4. The zero-order valence-corrected chi connectivity index (χ0v) is 35.4. The first-order chi connectivity index (χ1) is 22.6. The molecule has 4 heterocycles. The van der Waals surface area contributed by atoms with Crippen LogP contribution in [0.2, 0.25) is 0 Å². The topological polar surface area (TPSA) is 49.9 Å². The van der Waals surface area contributed by atoms with Gasteiger partial charge in [-0.2, -0.15) is 0 Å². The highest BCUT2D eigenvalue weighted by Crippen LogP contribution is 2.19. The van der Waals surface area contributed by atoms with Crippen molar-refractivity contribution >= 4 is 0 Å². The molecule has 0 aliphatic carbocycles. The summed E-state index contributed by atoms with van der Waals surface area (Å²) in [6, 6.07) is 1.30. The summed E-state index contributed by atoms with van der Waals surface area (Å²) in [6.07, 6.45) is 14.8. The standard InChI is InChI=1S/2C11H23NO.C10H21NO.C9H19NO/c1-11(2,3)13-9-10-7-5-6-8-12(10)4;1-11(2,3)13-10-12-8-6-4-5-7-9-12;1-10(2,3)12-8-9-6-5-7-11(9)4;1-9(2,3)11-8-10-6-4-5-7-10/h10H,5-9H2,1-4H3;4-10H2,1-3H3;9H,5-8H2,1-4H3;4-8H2,1-3H3. The first kappa shape index (κ1) is 46.7. The van der Waals surface area contributed by atoms with Crippen molar-refractivity contribution in [3.8, 4) is 0 Å². The number of rotatable bonds is 8. The Morgan fingerprint density at radius 1 is 0.388 bits per heavy atom. The summed E-state index contributed by atoms with van der Waals surface area (Å²) >= 11 is 0. The molecule has 49 heavy (non-hydrogen) atoms. The third-order valence-corrected chi connectivity index (χ3v) is 9.27. The molecule has 294 valence electrons. The van der Waals surface area contributed by atoms with E-state index < -0.39 is 0 Å². The Balaban J connectivity index is 0.000000327.